The highest BCUT2D eigenvalue weighted by Gasteiger charge is 2.68. The molecule has 5 aromatic rings. The van der Waals surface area contributed by atoms with Crippen LogP contribution in [0.5, 0.6) is 5.75 Å². The minimum atomic E-state index is -5.24. The number of fused-ring (bicyclic) bond motifs is 5. The van der Waals surface area contributed by atoms with Gasteiger partial charge in [0.05, 0.1) is 51.5 Å². The molecule has 9 rings (SSSR count). The van der Waals surface area contributed by atoms with Gasteiger partial charge in [0.1, 0.15) is 23.9 Å². The monoisotopic (exact) mass is 896 g/mol. The number of carbonyl (C=O) groups is 4. The van der Waals surface area contributed by atoms with Crippen LogP contribution in [0.3, 0.4) is 0 Å². The van der Waals surface area contributed by atoms with Crippen molar-refractivity contribution in [2.24, 2.45) is 36.1 Å². The predicted octanol–water partition coefficient (Wildman–Crippen LogP) is 9.11. The molecule has 2 saturated heterocycles. The molecule has 0 bridgehead atoms. The normalized spacial score (nSPS) is 25.1. The van der Waals surface area contributed by atoms with E-state index in [1.165, 1.54) is 16.0 Å². The lowest BCUT2D eigenvalue weighted by Gasteiger charge is -2.49. The first-order chi connectivity index (χ1) is 29.2. The third-order valence-electron chi connectivity index (χ3n) is 12.9. The Hall–Kier alpha value is -5.52. The van der Waals surface area contributed by atoms with Crippen LogP contribution in [0.2, 0.25) is 5.02 Å². The van der Waals surface area contributed by atoms with Crippen molar-refractivity contribution in [3.63, 3.8) is 0 Å². The van der Waals surface area contributed by atoms with Gasteiger partial charge in [-0.2, -0.15) is 31.4 Å². The van der Waals surface area contributed by atoms with Crippen LogP contribution in [-0.2, 0) is 38.6 Å². The second-order valence-electron chi connectivity index (χ2n) is 16.3. The van der Waals surface area contributed by atoms with Gasteiger partial charge in [0, 0.05) is 34.3 Å². The van der Waals surface area contributed by atoms with Crippen LogP contribution in [0.15, 0.2) is 78.4 Å². The number of carbonyl (C=O) groups excluding carboxylic acids is 4. The zero-order valence-electron chi connectivity index (χ0n) is 33.0. The number of amides is 4. The smallest absolute Gasteiger partial charge is 0.416 e. The molecule has 18 heteroatoms. The first-order valence-corrected chi connectivity index (χ1v) is 20.8. The fourth-order valence-electron chi connectivity index (χ4n) is 10.1. The number of hydrogen-bond donors (Lipinski definition) is 1. The van der Waals surface area contributed by atoms with E-state index in [1.807, 2.05) is 19.1 Å². The Kier molecular flexibility index (Phi) is 9.79. The Labute approximate surface area is 358 Å². The molecular weight excluding hydrogens is 862 g/mol. The molecule has 2 aliphatic carbocycles. The molecule has 4 aliphatic rings. The predicted molar refractivity (Wildman–Crippen MR) is 216 cm³/mol. The number of nitrogens with zero attached hydrogens (tertiary/aromatic N) is 4. The maximum Gasteiger partial charge on any atom is 0.416 e. The van der Waals surface area contributed by atoms with Crippen LogP contribution >= 0.6 is 22.9 Å². The molecule has 0 radical (unpaired) electrons. The van der Waals surface area contributed by atoms with Crippen LogP contribution in [-0.4, -0.2) is 51.7 Å². The summed E-state index contributed by atoms with van der Waals surface area (Å²) in [6.45, 7) is 3.09. The van der Waals surface area contributed by atoms with E-state index in [0.717, 1.165) is 25.4 Å². The number of halogens is 7. The third kappa shape index (κ3) is 6.28. The summed E-state index contributed by atoms with van der Waals surface area (Å²) in [5.41, 5.74) is -3.47. The fraction of sp³-hybridized carbons (Fsp3) is 0.341. The molecular formula is C44H35ClF6N4O6S. The number of rotatable bonds is 7. The number of alkyl halides is 6. The summed E-state index contributed by atoms with van der Waals surface area (Å²) in [6.07, 6.45) is -9.06. The molecule has 322 valence electrons. The summed E-state index contributed by atoms with van der Waals surface area (Å²) in [6, 6.07) is 14.5. The molecule has 4 heterocycles. The van der Waals surface area contributed by atoms with E-state index in [1.54, 1.807) is 56.4 Å². The van der Waals surface area contributed by atoms with Crippen LogP contribution in [0, 0.1) is 36.0 Å². The van der Waals surface area contributed by atoms with Gasteiger partial charge >= 0.3 is 12.4 Å². The number of imide groups is 2. The van der Waals surface area contributed by atoms with Gasteiger partial charge in [-0.15, -0.1) is 11.3 Å². The van der Waals surface area contributed by atoms with Crippen molar-refractivity contribution >= 4 is 68.2 Å². The second kappa shape index (κ2) is 14.5. The lowest BCUT2D eigenvalue weighted by molar-refractivity contribution is -0.143. The molecule has 2 aliphatic heterocycles. The number of aryl methyl sites for hydroxylation is 2. The van der Waals surface area contributed by atoms with Crippen LogP contribution in [0.25, 0.3) is 20.7 Å². The topological polar surface area (TPSA) is 122 Å². The molecule has 3 fully saturated rings. The molecule has 0 spiro atoms. The number of aliphatic hydroxyl groups excluding tert-OH is 1. The molecule has 1 saturated carbocycles. The van der Waals surface area contributed by atoms with Gasteiger partial charge in [-0.3, -0.25) is 23.9 Å². The van der Waals surface area contributed by atoms with E-state index >= 15 is 4.79 Å². The van der Waals surface area contributed by atoms with Crippen LogP contribution in [0.1, 0.15) is 47.9 Å². The van der Waals surface area contributed by atoms with Gasteiger partial charge < -0.3 is 9.84 Å². The number of ether oxygens (including phenoxy) is 1. The van der Waals surface area contributed by atoms with E-state index in [9.17, 15) is 45.8 Å². The van der Waals surface area contributed by atoms with Crippen molar-refractivity contribution in [3.8, 4) is 16.3 Å². The van der Waals surface area contributed by atoms with Crippen LogP contribution < -0.4 is 14.5 Å². The zero-order chi connectivity index (χ0) is 44.4. The van der Waals surface area contributed by atoms with Gasteiger partial charge in [0.25, 0.3) is 0 Å². The van der Waals surface area contributed by atoms with Crippen molar-refractivity contribution < 1.29 is 55.4 Å². The quantitative estimate of drug-likeness (QED) is 0.0983. The van der Waals surface area contributed by atoms with Gasteiger partial charge in [-0.05, 0) is 86.0 Å². The van der Waals surface area contributed by atoms with E-state index in [-0.39, 0.29) is 43.7 Å². The highest BCUT2D eigenvalue weighted by Crippen LogP contribution is 2.65. The van der Waals surface area contributed by atoms with Gasteiger partial charge in [0.2, 0.25) is 23.6 Å². The summed E-state index contributed by atoms with van der Waals surface area (Å²) in [7, 11) is 1.60. The van der Waals surface area contributed by atoms with Crippen molar-refractivity contribution in [1.29, 1.82) is 0 Å². The Morgan fingerprint density at radius 1 is 0.903 bits per heavy atom. The average Bonchev–Trinajstić information content (AvgIpc) is 3.89. The van der Waals surface area contributed by atoms with Gasteiger partial charge in [-0.25, -0.2) is 9.80 Å². The van der Waals surface area contributed by atoms with E-state index in [0.29, 0.717) is 38.9 Å². The molecule has 2 aromatic heterocycles. The fourth-order valence-corrected chi connectivity index (χ4v) is 11.4. The number of thiophene rings is 1. The molecule has 4 amide bonds. The molecule has 1 N–H and O–H groups in total. The summed E-state index contributed by atoms with van der Waals surface area (Å²) in [4.78, 5) is 61.1. The van der Waals surface area contributed by atoms with Crippen molar-refractivity contribution in [2.45, 2.75) is 45.0 Å². The maximum absolute atomic E-state index is 15.2. The number of aliphatic hydroxyl groups is 1. The molecule has 6 unspecified atom stereocenters. The molecule has 10 nitrogen and oxygen atoms in total. The van der Waals surface area contributed by atoms with E-state index in [2.05, 4.69) is 0 Å². The summed E-state index contributed by atoms with van der Waals surface area (Å²) in [5.74, 6) is -8.30. The number of hydrogen-bond acceptors (Lipinski definition) is 8. The Morgan fingerprint density at radius 2 is 1.60 bits per heavy atom. The van der Waals surface area contributed by atoms with Gasteiger partial charge in [-0.1, -0.05) is 41.4 Å². The second-order valence-corrected chi connectivity index (χ2v) is 17.7. The molecule has 62 heavy (non-hydrogen) atoms. The lowest BCUT2D eigenvalue weighted by Crippen LogP contribution is -2.49. The van der Waals surface area contributed by atoms with Gasteiger partial charge in [0.15, 0.2) is 0 Å². The molecule has 3 aromatic carbocycles. The summed E-state index contributed by atoms with van der Waals surface area (Å²) < 4.78 is 92.1. The number of aromatic nitrogens is 2. The highest BCUT2D eigenvalue weighted by atomic mass is 35.5. The van der Waals surface area contributed by atoms with Crippen molar-refractivity contribution in [2.75, 3.05) is 23.0 Å². The zero-order valence-corrected chi connectivity index (χ0v) is 34.5. The minimum absolute atomic E-state index is 0.0799. The molecule has 6 atom stereocenters. The largest absolute Gasteiger partial charge is 0.491 e. The average molecular weight is 897 g/mol. The first kappa shape index (κ1) is 41.8. The Bertz CT molecular complexity index is 2750. The maximum atomic E-state index is 15.2. The SMILES string of the molecule is Cc1c(-c2cc(N3C(=O)C4CC5C(=CCC6C(=O)N(c7cc(C(F)(F)F)cc(C(F)(F)F)c7)C(=O)C65)C(c5ccccc5OCCO)C4(C)C3=O)n(C)n2)sc2ccc(Cl)cc12. The highest BCUT2D eigenvalue weighted by molar-refractivity contribution is 7.22. The van der Waals surface area contributed by atoms with E-state index in [4.69, 9.17) is 21.4 Å². The number of anilines is 2. The minimum Gasteiger partial charge on any atom is -0.491 e. The third-order valence-corrected chi connectivity index (χ3v) is 14.4. The first-order valence-electron chi connectivity index (χ1n) is 19.6. The van der Waals surface area contributed by atoms with E-state index < -0.39 is 87.8 Å². The standard InChI is InChI=1S/C44H35ClF6N4O6S/c1-20-28-17-23(45)8-11-33(28)62-37(20)31-19-34(53(3)52-31)55-39(58)30-18-29-25(36(42(30,2)41(55)60)26-6-4-5-7-32(26)61-13-12-56)9-10-27-35(29)40(59)54(38(27)57)24-15-21(43(46,47)48)14-22(16-24)44(49,50)51/h4-9,11,14-17,19,27,29-30,35-36,56H,10,12-13,18H2,1-3H3. The van der Waals surface area contributed by atoms with Crippen LogP contribution in [0.4, 0.5) is 37.8 Å². The summed E-state index contributed by atoms with van der Waals surface area (Å²) in [5, 5.41) is 15.9. The Morgan fingerprint density at radius 3 is 2.27 bits per heavy atom. The lowest BCUT2D eigenvalue weighted by atomic mass is 9.51. The van der Waals surface area contributed by atoms with Crippen molar-refractivity contribution in [3.05, 3.63) is 106 Å². The summed E-state index contributed by atoms with van der Waals surface area (Å²) >= 11 is 7.76. The van der Waals surface area contributed by atoms with Crippen molar-refractivity contribution in [1.82, 2.24) is 9.78 Å². The number of allylic oxidation sites excluding steroid dienone is 2. The number of para-hydroxylation sites is 1. The number of benzene rings is 3. The Balaban J connectivity index is 1.16.